The molecule has 4 heteroatoms. The van der Waals surface area contributed by atoms with Gasteiger partial charge in [-0.15, -0.1) is 0 Å². The van der Waals surface area contributed by atoms with E-state index in [4.69, 9.17) is 9.47 Å². The predicted molar refractivity (Wildman–Crippen MR) is 111 cm³/mol. The standard InChI is InChI=1S/C24H25NO3/c1-27-21-13-12-16(15-22(21)28-2)14-20-18-10-6-7-11-19(18)23(25-24(20)26)17-8-4-3-5-9-17/h3-5,8-9,12-13,15H,6-7,10-11,14H2,1-2H3,(H,25,26). The molecule has 0 radical (unpaired) electrons. The van der Waals surface area contributed by atoms with Gasteiger partial charge in [0.15, 0.2) is 11.5 Å². The van der Waals surface area contributed by atoms with Crippen molar-refractivity contribution in [1.29, 1.82) is 0 Å². The number of methoxy groups -OCH3 is 2. The number of benzene rings is 2. The van der Waals surface area contributed by atoms with Gasteiger partial charge in [-0.2, -0.15) is 0 Å². The van der Waals surface area contributed by atoms with Crippen molar-refractivity contribution in [1.82, 2.24) is 4.98 Å². The highest BCUT2D eigenvalue weighted by molar-refractivity contribution is 5.66. The summed E-state index contributed by atoms with van der Waals surface area (Å²) >= 11 is 0. The molecule has 1 aromatic heterocycles. The number of aromatic nitrogens is 1. The number of ether oxygens (including phenoxy) is 2. The Kier molecular flexibility index (Phi) is 5.20. The first-order valence-corrected chi connectivity index (χ1v) is 9.74. The van der Waals surface area contributed by atoms with Crippen molar-refractivity contribution in [2.45, 2.75) is 32.1 Å². The van der Waals surface area contributed by atoms with Gasteiger partial charge in [0.05, 0.1) is 19.9 Å². The monoisotopic (exact) mass is 375 g/mol. The molecule has 0 atom stereocenters. The molecule has 4 nitrogen and oxygen atoms in total. The van der Waals surface area contributed by atoms with Crippen molar-refractivity contribution >= 4 is 0 Å². The van der Waals surface area contributed by atoms with Crippen LogP contribution in [0.3, 0.4) is 0 Å². The lowest BCUT2D eigenvalue weighted by Crippen LogP contribution is -2.22. The summed E-state index contributed by atoms with van der Waals surface area (Å²) in [6.45, 7) is 0. The summed E-state index contributed by atoms with van der Waals surface area (Å²) < 4.78 is 10.8. The summed E-state index contributed by atoms with van der Waals surface area (Å²) in [4.78, 5) is 16.2. The lowest BCUT2D eigenvalue weighted by atomic mass is 9.84. The Balaban J connectivity index is 1.79. The van der Waals surface area contributed by atoms with E-state index in [0.717, 1.165) is 48.1 Å². The van der Waals surface area contributed by atoms with Crippen LogP contribution in [0.2, 0.25) is 0 Å². The van der Waals surface area contributed by atoms with E-state index >= 15 is 0 Å². The average Bonchev–Trinajstić information content (AvgIpc) is 2.76. The molecule has 1 aliphatic carbocycles. The molecule has 1 heterocycles. The second-order valence-corrected chi connectivity index (χ2v) is 7.20. The quantitative estimate of drug-likeness (QED) is 0.713. The molecule has 144 valence electrons. The van der Waals surface area contributed by atoms with Gasteiger partial charge in [-0.25, -0.2) is 0 Å². The molecule has 0 saturated heterocycles. The predicted octanol–water partition coefficient (Wildman–Crippen LogP) is 4.53. The molecule has 1 N–H and O–H groups in total. The minimum atomic E-state index is 0.00860. The first kappa shape index (κ1) is 18.4. The van der Waals surface area contributed by atoms with Gasteiger partial charge in [0, 0.05) is 12.0 Å². The highest BCUT2D eigenvalue weighted by Gasteiger charge is 2.21. The summed E-state index contributed by atoms with van der Waals surface area (Å²) in [6.07, 6.45) is 4.85. The SMILES string of the molecule is COc1ccc(Cc2c3c(c(-c4ccccc4)[nH]c2=O)CCCC3)cc1OC. The van der Waals surface area contributed by atoms with E-state index in [1.165, 1.54) is 11.1 Å². The van der Waals surface area contributed by atoms with E-state index in [1.807, 2.05) is 36.4 Å². The minimum Gasteiger partial charge on any atom is -0.493 e. The van der Waals surface area contributed by atoms with Crippen LogP contribution in [0.25, 0.3) is 11.3 Å². The minimum absolute atomic E-state index is 0.00860. The maximum absolute atomic E-state index is 13.1. The topological polar surface area (TPSA) is 51.3 Å². The van der Waals surface area contributed by atoms with Crippen LogP contribution >= 0.6 is 0 Å². The molecule has 4 rings (SSSR count). The Morgan fingerprint density at radius 3 is 2.32 bits per heavy atom. The normalized spacial score (nSPS) is 13.1. The van der Waals surface area contributed by atoms with Crippen LogP contribution in [0, 0.1) is 0 Å². The van der Waals surface area contributed by atoms with E-state index in [-0.39, 0.29) is 5.56 Å². The van der Waals surface area contributed by atoms with Gasteiger partial charge in [0.25, 0.3) is 5.56 Å². The molecule has 0 fully saturated rings. The van der Waals surface area contributed by atoms with E-state index in [9.17, 15) is 4.79 Å². The second-order valence-electron chi connectivity index (χ2n) is 7.20. The number of hydrogen-bond acceptors (Lipinski definition) is 3. The number of rotatable bonds is 5. The number of nitrogens with one attached hydrogen (secondary N) is 1. The number of H-pyrrole nitrogens is 1. The zero-order chi connectivity index (χ0) is 19.5. The molecule has 2 aromatic carbocycles. The van der Waals surface area contributed by atoms with Crippen LogP contribution in [0.5, 0.6) is 11.5 Å². The Labute approximate surface area is 165 Å². The zero-order valence-corrected chi connectivity index (χ0v) is 16.4. The number of aromatic amines is 1. The second kappa shape index (κ2) is 7.93. The molecule has 1 aliphatic rings. The average molecular weight is 375 g/mol. The summed E-state index contributed by atoms with van der Waals surface area (Å²) in [5, 5.41) is 0. The Bertz CT molecular complexity index is 1040. The molecule has 0 aliphatic heterocycles. The van der Waals surface area contributed by atoms with E-state index < -0.39 is 0 Å². The smallest absolute Gasteiger partial charge is 0.252 e. The summed E-state index contributed by atoms with van der Waals surface area (Å²) in [6, 6.07) is 16.0. The first-order valence-electron chi connectivity index (χ1n) is 9.74. The Hall–Kier alpha value is -3.01. The van der Waals surface area contributed by atoms with Gasteiger partial charge in [0.2, 0.25) is 0 Å². The summed E-state index contributed by atoms with van der Waals surface area (Å²) in [5.41, 5.74) is 6.52. The van der Waals surface area contributed by atoms with Crippen LogP contribution in [0.15, 0.2) is 53.3 Å². The molecule has 28 heavy (non-hydrogen) atoms. The fourth-order valence-corrected chi connectivity index (χ4v) is 4.15. The summed E-state index contributed by atoms with van der Waals surface area (Å²) in [5.74, 6) is 1.38. The fraction of sp³-hybridized carbons (Fsp3) is 0.292. The molecular weight excluding hydrogens is 350 g/mol. The van der Waals surface area contributed by atoms with Crippen LogP contribution in [-0.2, 0) is 19.3 Å². The van der Waals surface area contributed by atoms with Gasteiger partial charge in [-0.1, -0.05) is 36.4 Å². The number of fused-ring (bicyclic) bond motifs is 1. The number of pyridine rings is 1. The largest absolute Gasteiger partial charge is 0.493 e. The third-order valence-corrected chi connectivity index (χ3v) is 5.54. The van der Waals surface area contributed by atoms with Crippen molar-refractivity contribution in [2.24, 2.45) is 0 Å². The molecule has 0 amide bonds. The molecule has 0 bridgehead atoms. The lowest BCUT2D eigenvalue weighted by molar-refractivity contribution is 0.354. The van der Waals surface area contributed by atoms with Gasteiger partial charge >= 0.3 is 0 Å². The van der Waals surface area contributed by atoms with Crippen molar-refractivity contribution in [3.63, 3.8) is 0 Å². The van der Waals surface area contributed by atoms with Gasteiger partial charge in [-0.3, -0.25) is 4.79 Å². The third kappa shape index (κ3) is 3.42. The van der Waals surface area contributed by atoms with Gasteiger partial charge in [0.1, 0.15) is 0 Å². The van der Waals surface area contributed by atoms with Crippen molar-refractivity contribution in [2.75, 3.05) is 14.2 Å². The van der Waals surface area contributed by atoms with Crippen LogP contribution in [-0.4, -0.2) is 19.2 Å². The first-order chi connectivity index (χ1) is 13.7. The van der Waals surface area contributed by atoms with E-state index in [1.54, 1.807) is 14.2 Å². The Morgan fingerprint density at radius 1 is 0.893 bits per heavy atom. The molecule has 3 aromatic rings. The molecule has 0 spiro atoms. The third-order valence-electron chi connectivity index (χ3n) is 5.54. The molecular formula is C24H25NO3. The van der Waals surface area contributed by atoms with Crippen LogP contribution in [0.4, 0.5) is 0 Å². The maximum atomic E-state index is 13.1. The summed E-state index contributed by atoms with van der Waals surface area (Å²) in [7, 11) is 3.26. The zero-order valence-electron chi connectivity index (χ0n) is 16.4. The molecule has 0 unspecified atom stereocenters. The van der Waals surface area contributed by atoms with E-state index in [0.29, 0.717) is 17.9 Å². The van der Waals surface area contributed by atoms with Crippen molar-refractivity contribution in [3.8, 4) is 22.8 Å². The van der Waals surface area contributed by atoms with Crippen LogP contribution in [0.1, 0.15) is 35.1 Å². The molecule has 0 saturated carbocycles. The number of hydrogen-bond donors (Lipinski definition) is 1. The van der Waals surface area contributed by atoms with Gasteiger partial charge in [-0.05, 0) is 60.1 Å². The highest BCUT2D eigenvalue weighted by atomic mass is 16.5. The van der Waals surface area contributed by atoms with Crippen molar-refractivity contribution in [3.05, 3.63) is 81.1 Å². The van der Waals surface area contributed by atoms with Crippen LogP contribution < -0.4 is 15.0 Å². The lowest BCUT2D eigenvalue weighted by Gasteiger charge is -2.22. The Morgan fingerprint density at radius 2 is 1.61 bits per heavy atom. The van der Waals surface area contributed by atoms with E-state index in [2.05, 4.69) is 17.1 Å². The van der Waals surface area contributed by atoms with Gasteiger partial charge < -0.3 is 14.5 Å². The fourth-order valence-electron chi connectivity index (χ4n) is 4.15. The van der Waals surface area contributed by atoms with Crippen molar-refractivity contribution < 1.29 is 9.47 Å². The maximum Gasteiger partial charge on any atom is 0.252 e. The highest BCUT2D eigenvalue weighted by Crippen LogP contribution is 2.33.